The molecule has 1 aromatic carbocycles. The van der Waals surface area contributed by atoms with Crippen LogP contribution in [0.25, 0.3) is 0 Å². The zero-order valence-corrected chi connectivity index (χ0v) is 13.8. The van der Waals surface area contributed by atoms with Gasteiger partial charge in [0, 0.05) is 25.6 Å². The first-order valence-corrected chi connectivity index (χ1v) is 8.53. The number of ether oxygens (including phenoxy) is 1. The van der Waals surface area contributed by atoms with E-state index in [2.05, 4.69) is 17.4 Å². The molecule has 0 aromatic heterocycles. The highest BCUT2D eigenvalue weighted by Crippen LogP contribution is 2.22. The maximum absolute atomic E-state index is 12.4. The Morgan fingerprint density at radius 3 is 3.22 bits per heavy atom. The average Bonchev–Trinajstić information content (AvgIpc) is 2.59. The summed E-state index contributed by atoms with van der Waals surface area (Å²) in [4.78, 5) is 14.2. The van der Waals surface area contributed by atoms with Gasteiger partial charge < -0.3 is 20.1 Å². The number of carbonyl (C=O) groups is 1. The average molecular weight is 318 g/mol. The third-order valence-electron chi connectivity index (χ3n) is 4.98. The van der Waals surface area contributed by atoms with Gasteiger partial charge in [-0.1, -0.05) is 18.2 Å². The van der Waals surface area contributed by atoms with Crippen LogP contribution >= 0.6 is 0 Å². The minimum absolute atomic E-state index is 0.0278. The van der Waals surface area contributed by atoms with Crippen LogP contribution in [0.3, 0.4) is 0 Å². The number of hydrogen-bond acceptors (Lipinski definition) is 3. The van der Waals surface area contributed by atoms with Crippen LogP contribution in [-0.4, -0.2) is 41.8 Å². The predicted molar refractivity (Wildman–Crippen MR) is 88.0 cm³/mol. The van der Waals surface area contributed by atoms with E-state index in [0.29, 0.717) is 19.7 Å². The quantitative estimate of drug-likeness (QED) is 0.897. The number of aliphatic hydroxyl groups excluding tert-OH is 1. The number of hydrogen-bond donors (Lipinski definition) is 2. The molecule has 1 fully saturated rings. The highest BCUT2D eigenvalue weighted by molar-refractivity contribution is 5.74. The Hall–Kier alpha value is -1.59. The zero-order valence-electron chi connectivity index (χ0n) is 13.8. The molecule has 5 heteroatoms. The number of fused-ring (bicyclic) bond motifs is 1. The molecule has 1 aromatic rings. The first-order valence-electron chi connectivity index (χ1n) is 8.53. The van der Waals surface area contributed by atoms with Crippen LogP contribution in [0.15, 0.2) is 18.2 Å². The van der Waals surface area contributed by atoms with Gasteiger partial charge in [-0.15, -0.1) is 0 Å². The largest absolute Gasteiger partial charge is 0.393 e. The van der Waals surface area contributed by atoms with E-state index in [1.807, 2.05) is 17.9 Å². The summed E-state index contributed by atoms with van der Waals surface area (Å²) in [6.45, 7) is 5.20. The molecule has 3 rings (SSSR count). The Bertz CT molecular complexity index is 559. The van der Waals surface area contributed by atoms with Crippen molar-refractivity contribution in [3.63, 3.8) is 0 Å². The normalized spacial score (nSPS) is 22.3. The lowest BCUT2D eigenvalue weighted by Crippen LogP contribution is -2.47. The third kappa shape index (κ3) is 3.85. The van der Waals surface area contributed by atoms with Crippen molar-refractivity contribution in [1.29, 1.82) is 0 Å². The van der Waals surface area contributed by atoms with Gasteiger partial charge in [0.05, 0.1) is 19.3 Å². The lowest BCUT2D eigenvalue weighted by Gasteiger charge is -2.34. The highest BCUT2D eigenvalue weighted by atomic mass is 16.5. The Morgan fingerprint density at radius 1 is 1.52 bits per heavy atom. The monoisotopic (exact) mass is 318 g/mol. The van der Waals surface area contributed by atoms with Gasteiger partial charge in [0.2, 0.25) is 0 Å². The van der Waals surface area contributed by atoms with Gasteiger partial charge in [0.1, 0.15) is 0 Å². The van der Waals surface area contributed by atoms with Crippen molar-refractivity contribution in [2.45, 2.75) is 45.4 Å². The van der Waals surface area contributed by atoms with Crippen molar-refractivity contribution in [3.05, 3.63) is 34.9 Å². The first-order chi connectivity index (χ1) is 11.1. The van der Waals surface area contributed by atoms with Crippen molar-refractivity contribution < 1.29 is 14.6 Å². The summed E-state index contributed by atoms with van der Waals surface area (Å²) >= 11 is 0. The molecule has 2 unspecified atom stereocenters. The van der Waals surface area contributed by atoms with Crippen LogP contribution in [0.5, 0.6) is 0 Å². The highest BCUT2D eigenvalue weighted by Gasteiger charge is 2.26. The number of piperidine rings is 1. The molecule has 0 bridgehead atoms. The summed E-state index contributed by atoms with van der Waals surface area (Å²) in [5.74, 6) is 0.191. The Labute approximate surface area is 137 Å². The third-order valence-corrected chi connectivity index (χ3v) is 4.98. The SMILES string of the molecule is CC(O)C1CCCN(C(=O)NCc2cccc3c2CCOC3)C1. The molecule has 2 aliphatic heterocycles. The summed E-state index contributed by atoms with van der Waals surface area (Å²) in [6, 6.07) is 6.18. The van der Waals surface area contributed by atoms with E-state index in [1.54, 1.807) is 0 Å². The van der Waals surface area contributed by atoms with Crippen LogP contribution in [0, 0.1) is 5.92 Å². The molecule has 1 saturated heterocycles. The van der Waals surface area contributed by atoms with Crippen LogP contribution in [0.2, 0.25) is 0 Å². The predicted octanol–water partition coefficient (Wildman–Crippen LogP) is 2.06. The van der Waals surface area contributed by atoms with Gasteiger partial charge in [0.15, 0.2) is 0 Å². The number of nitrogens with zero attached hydrogens (tertiary/aromatic N) is 1. The molecule has 2 atom stereocenters. The molecule has 0 radical (unpaired) electrons. The van der Waals surface area contributed by atoms with Gasteiger partial charge in [0.25, 0.3) is 0 Å². The number of aliphatic hydroxyl groups is 1. The molecule has 2 aliphatic rings. The van der Waals surface area contributed by atoms with Crippen molar-refractivity contribution in [1.82, 2.24) is 10.2 Å². The van der Waals surface area contributed by atoms with Crippen molar-refractivity contribution in [3.8, 4) is 0 Å². The van der Waals surface area contributed by atoms with Crippen molar-refractivity contribution in [2.75, 3.05) is 19.7 Å². The summed E-state index contributed by atoms with van der Waals surface area (Å²) < 4.78 is 5.49. The van der Waals surface area contributed by atoms with E-state index in [1.165, 1.54) is 16.7 Å². The second-order valence-corrected chi connectivity index (χ2v) is 6.61. The summed E-state index contributed by atoms with van der Waals surface area (Å²) in [5, 5.41) is 12.8. The number of nitrogens with one attached hydrogen (secondary N) is 1. The molecule has 2 amide bonds. The molecule has 23 heavy (non-hydrogen) atoms. The van der Waals surface area contributed by atoms with Gasteiger partial charge in [-0.05, 0) is 42.9 Å². The van der Waals surface area contributed by atoms with Crippen LogP contribution in [0.4, 0.5) is 4.79 Å². The number of amides is 2. The fourth-order valence-electron chi connectivity index (χ4n) is 3.54. The molecule has 5 nitrogen and oxygen atoms in total. The standard InChI is InChI=1S/C18H26N2O3/c1-13(21)15-6-3-8-20(11-15)18(22)19-10-14-4-2-5-16-12-23-9-7-17(14)16/h2,4-5,13,15,21H,3,6-12H2,1H3,(H,19,22). The second kappa shape index (κ2) is 7.32. The Kier molecular flexibility index (Phi) is 5.18. The van der Waals surface area contributed by atoms with Gasteiger partial charge >= 0.3 is 6.03 Å². The van der Waals surface area contributed by atoms with E-state index in [0.717, 1.165) is 32.4 Å². The van der Waals surface area contributed by atoms with E-state index < -0.39 is 0 Å². The Morgan fingerprint density at radius 2 is 2.39 bits per heavy atom. The fourth-order valence-corrected chi connectivity index (χ4v) is 3.54. The van der Waals surface area contributed by atoms with Gasteiger partial charge in [-0.3, -0.25) is 0 Å². The molecular formula is C18H26N2O3. The number of benzene rings is 1. The second-order valence-electron chi connectivity index (χ2n) is 6.61. The number of urea groups is 1. The summed E-state index contributed by atoms with van der Waals surface area (Å²) in [6.07, 6.45) is 2.51. The smallest absolute Gasteiger partial charge is 0.317 e. The minimum atomic E-state index is -0.355. The number of likely N-dealkylation sites (tertiary alicyclic amines) is 1. The lowest BCUT2D eigenvalue weighted by atomic mass is 9.93. The maximum atomic E-state index is 12.4. The molecule has 126 valence electrons. The molecular weight excluding hydrogens is 292 g/mol. The Balaban J connectivity index is 1.59. The first kappa shape index (κ1) is 16.3. The minimum Gasteiger partial charge on any atom is -0.393 e. The maximum Gasteiger partial charge on any atom is 0.317 e. The molecule has 0 aliphatic carbocycles. The van der Waals surface area contributed by atoms with Crippen LogP contribution in [-0.2, 0) is 24.3 Å². The zero-order chi connectivity index (χ0) is 16.2. The van der Waals surface area contributed by atoms with E-state index >= 15 is 0 Å². The number of carbonyl (C=O) groups excluding carboxylic acids is 1. The molecule has 0 spiro atoms. The van der Waals surface area contributed by atoms with E-state index in [9.17, 15) is 9.90 Å². The number of rotatable bonds is 3. The van der Waals surface area contributed by atoms with Gasteiger partial charge in [-0.2, -0.15) is 0 Å². The topological polar surface area (TPSA) is 61.8 Å². The molecule has 2 N–H and O–H groups in total. The summed E-state index contributed by atoms with van der Waals surface area (Å²) in [7, 11) is 0. The van der Waals surface area contributed by atoms with Crippen molar-refractivity contribution in [2.24, 2.45) is 5.92 Å². The molecule has 0 saturated carbocycles. The van der Waals surface area contributed by atoms with Crippen molar-refractivity contribution >= 4 is 6.03 Å². The molecule has 2 heterocycles. The van der Waals surface area contributed by atoms with Crippen LogP contribution in [0.1, 0.15) is 36.5 Å². The summed E-state index contributed by atoms with van der Waals surface area (Å²) in [5.41, 5.74) is 3.73. The fraction of sp³-hybridized carbons (Fsp3) is 0.611. The van der Waals surface area contributed by atoms with Gasteiger partial charge in [-0.25, -0.2) is 4.79 Å². The lowest BCUT2D eigenvalue weighted by molar-refractivity contribution is 0.0738. The van der Waals surface area contributed by atoms with E-state index in [-0.39, 0.29) is 18.1 Å². The van der Waals surface area contributed by atoms with E-state index in [4.69, 9.17) is 4.74 Å². The van der Waals surface area contributed by atoms with Crippen LogP contribution < -0.4 is 5.32 Å².